The average Bonchev–Trinajstić information content (AvgIpc) is 2.58. The lowest BCUT2D eigenvalue weighted by Gasteiger charge is -2.13. The summed E-state index contributed by atoms with van der Waals surface area (Å²) in [6.07, 6.45) is 2.29. The van der Waals surface area contributed by atoms with E-state index in [-0.39, 0.29) is 6.04 Å². The molecule has 0 saturated heterocycles. The molecule has 78 valence electrons. The van der Waals surface area contributed by atoms with Crippen molar-refractivity contribution >= 4 is 0 Å². The Bertz CT molecular complexity index is 325. The molecule has 14 heavy (non-hydrogen) atoms. The smallest absolute Gasteiger partial charge is 0.112 e. The number of hydrogen-bond donors (Lipinski definition) is 1. The van der Waals surface area contributed by atoms with Gasteiger partial charge in [0.15, 0.2) is 0 Å². The predicted octanol–water partition coefficient (Wildman–Crippen LogP) is 2.78. The molecule has 2 N–H and O–H groups in total. The minimum absolute atomic E-state index is 0.211. The number of aryl methyl sites for hydroxylation is 1. The molecule has 1 heterocycles. The number of furan rings is 1. The minimum Gasteiger partial charge on any atom is -0.465 e. The highest BCUT2D eigenvalue weighted by Gasteiger charge is 2.30. The second-order valence-corrected chi connectivity index (χ2v) is 4.70. The Morgan fingerprint density at radius 2 is 2.14 bits per heavy atom. The van der Waals surface area contributed by atoms with E-state index < -0.39 is 0 Å². The lowest BCUT2D eigenvalue weighted by molar-refractivity contribution is 0.399. The van der Waals surface area contributed by atoms with E-state index in [9.17, 15) is 0 Å². The molecule has 1 aliphatic rings. The fourth-order valence-corrected chi connectivity index (χ4v) is 2.20. The number of rotatable bonds is 2. The Kier molecular flexibility index (Phi) is 2.40. The van der Waals surface area contributed by atoms with Gasteiger partial charge in [0.2, 0.25) is 0 Å². The molecule has 0 spiro atoms. The van der Waals surface area contributed by atoms with E-state index in [0.29, 0.717) is 11.8 Å². The molecule has 0 amide bonds. The summed E-state index contributed by atoms with van der Waals surface area (Å²) in [7, 11) is 0. The molecule has 1 aromatic rings. The third kappa shape index (κ3) is 1.48. The summed E-state index contributed by atoms with van der Waals surface area (Å²) in [5.41, 5.74) is 7.32. The summed E-state index contributed by atoms with van der Waals surface area (Å²) in [6.45, 7) is 6.39. The van der Waals surface area contributed by atoms with Gasteiger partial charge in [-0.2, -0.15) is 0 Å². The summed E-state index contributed by atoms with van der Waals surface area (Å²) in [5, 5.41) is 0. The van der Waals surface area contributed by atoms with E-state index in [1.165, 1.54) is 5.56 Å². The molecule has 2 rings (SSSR count). The lowest BCUT2D eigenvalue weighted by atomic mass is 10.0. The van der Waals surface area contributed by atoms with Crippen LogP contribution in [0.2, 0.25) is 0 Å². The van der Waals surface area contributed by atoms with Gasteiger partial charge in [-0.15, -0.1) is 0 Å². The third-order valence-electron chi connectivity index (χ3n) is 3.13. The van der Waals surface area contributed by atoms with Crippen molar-refractivity contribution in [2.75, 3.05) is 0 Å². The maximum Gasteiger partial charge on any atom is 0.112 e. The van der Waals surface area contributed by atoms with Crippen molar-refractivity contribution in [2.45, 2.75) is 51.5 Å². The Morgan fingerprint density at radius 1 is 1.43 bits per heavy atom. The van der Waals surface area contributed by atoms with Crippen LogP contribution < -0.4 is 5.73 Å². The van der Waals surface area contributed by atoms with Crippen molar-refractivity contribution < 1.29 is 4.42 Å². The molecule has 0 saturated carbocycles. The van der Waals surface area contributed by atoms with Crippen LogP contribution in [0.4, 0.5) is 0 Å². The van der Waals surface area contributed by atoms with E-state index in [2.05, 4.69) is 26.8 Å². The molecule has 0 bridgehead atoms. The summed E-state index contributed by atoms with van der Waals surface area (Å²) >= 11 is 0. The Hall–Kier alpha value is -0.760. The first kappa shape index (κ1) is 9.78. The Balaban J connectivity index is 2.30. The third-order valence-corrected chi connectivity index (χ3v) is 3.13. The lowest BCUT2D eigenvalue weighted by Crippen LogP contribution is -2.22. The van der Waals surface area contributed by atoms with Gasteiger partial charge in [-0.05, 0) is 31.4 Å². The number of nitrogens with two attached hydrogens (primary N) is 1. The van der Waals surface area contributed by atoms with Crippen molar-refractivity contribution in [3.63, 3.8) is 0 Å². The number of fused-ring (bicyclic) bond motifs is 1. The highest BCUT2D eigenvalue weighted by molar-refractivity contribution is 5.31. The molecule has 2 nitrogen and oxygen atoms in total. The zero-order valence-corrected chi connectivity index (χ0v) is 9.21. The van der Waals surface area contributed by atoms with Crippen molar-refractivity contribution in [3.8, 4) is 0 Å². The molecule has 1 aromatic heterocycles. The molecule has 0 fully saturated rings. The molecular formula is C12H19NO. The van der Waals surface area contributed by atoms with Gasteiger partial charge < -0.3 is 10.2 Å². The SMILES string of the molecule is CC(C)c1cc2c(o1)C(C(C)N)CC2. The normalized spacial score (nSPS) is 22.8. The van der Waals surface area contributed by atoms with E-state index in [1.54, 1.807) is 0 Å². The highest BCUT2D eigenvalue weighted by Crippen LogP contribution is 2.38. The van der Waals surface area contributed by atoms with Crippen LogP contribution in [0.1, 0.15) is 56.1 Å². The minimum atomic E-state index is 0.211. The topological polar surface area (TPSA) is 39.2 Å². The molecule has 1 aliphatic carbocycles. The van der Waals surface area contributed by atoms with E-state index in [0.717, 1.165) is 24.4 Å². The maximum atomic E-state index is 5.94. The van der Waals surface area contributed by atoms with Crippen molar-refractivity contribution in [3.05, 3.63) is 23.2 Å². The molecular weight excluding hydrogens is 174 g/mol. The van der Waals surface area contributed by atoms with Gasteiger partial charge >= 0.3 is 0 Å². The van der Waals surface area contributed by atoms with Crippen molar-refractivity contribution in [1.29, 1.82) is 0 Å². The van der Waals surface area contributed by atoms with Gasteiger partial charge in [-0.25, -0.2) is 0 Å². The maximum absolute atomic E-state index is 5.94. The summed E-state index contributed by atoms with van der Waals surface area (Å²) < 4.78 is 5.88. The van der Waals surface area contributed by atoms with Crippen molar-refractivity contribution in [2.24, 2.45) is 5.73 Å². The zero-order chi connectivity index (χ0) is 10.3. The molecule has 0 aromatic carbocycles. The molecule has 2 heteroatoms. The first-order valence-corrected chi connectivity index (χ1v) is 5.47. The van der Waals surface area contributed by atoms with Gasteiger partial charge in [0.05, 0.1) is 0 Å². The van der Waals surface area contributed by atoms with Crippen LogP contribution in [0.5, 0.6) is 0 Å². The first-order valence-electron chi connectivity index (χ1n) is 5.47. The zero-order valence-electron chi connectivity index (χ0n) is 9.21. The Morgan fingerprint density at radius 3 is 2.71 bits per heavy atom. The van der Waals surface area contributed by atoms with Gasteiger partial charge in [0.25, 0.3) is 0 Å². The van der Waals surface area contributed by atoms with Crippen LogP contribution in [0.25, 0.3) is 0 Å². The van der Waals surface area contributed by atoms with E-state index in [4.69, 9.17) is 10.2 Å². The molecule has 2 atom stereocenters. The largest absolute Gasteiger partial charge is 0.465 e. The fourth-order valence-electron chi connectivity index (χ4n) is 2.20. The standard InChI is InChI=1S/C12H19NO/c1-7(2)11-6-9-4-5-10(8(3)13)12(9)14-11/h6-8,10H,4-5,13H2,1-3H3. The van der Waals surface area contributed by atoms with Crippen LogP contribution in [0.15, 0.2) is 10.5 Å². The monoisotopic (exact) mass is 193 g/mol. The van der Waals surface area contributed by atoms with E-state index >= 15 is 0 Å². The quantitative estimate of drug-likeness (QED) is 0.784. The summed E-state index contributed by atoms with van der Waals surface area (Å²) in [4.78, 5) is 0. The summed E-state index contributed by atoms with van der Waals surface area (Å²) in [6, 6.07) is 2.42. The fraction of sp³-hybridized carbons (Fsp3) is 0.667. The van der Waals surface area contributed by atoms with Gasteiger partial charge in [-0.1, -0.05) is 13.8 Å². The average molecular weight is 193 g/mol. The van der Waals surface area contributed by atoms with E-state index in [1.807, 2.05) is 0 Å². The van der Waals surface area contributed by atoms with Crippen LogP contribution in [0, 0.1) is 0 Å². The van der Waals surface area contributed by atoms with Crippen LogP contribution in [-0.4, -0.2) is 6.04 Å². The molecule has 0 radical (unpaired) electrons. The van der Waals surface area contributed by atoms with Crippen molar-refractivity contribution in [1.82, 2.24) is 0 Å². The molecule has 0 aliphatic heterocycles. The van der Waals surface area contributed by atoms with Gasteiger partial charge in [-0.3, -0.25) is 0 Å². The van der Waals surface area contributed by atoms with Gasteiger partial charge in [0.1, 0.15) is 11.5 Å². The highest BCUT2D eigenvalue weighted by atomic mass is 16.3. The predicted molar refractivity (Wildman–Crippen MR) is 57.5 cm³/mol. The second kappa shape index (κ2) is 3.43. The van der Waals surface area contributed by atoms with Crippen LogP contribution in [-0.2, 0) is 6.42 Å². The van der Waals surface area contributed by atoms with Crippen LogP contribution in [0.3, 0.4) is 0 Å². The summed E-state index contributed by atoms with van der Waals surface area (Å²) in [5.74, 6) is 3.19. The van der Waals surface area contributed by atoms with Crippen LogP contribution >= 0.6 is 0 Å². The molecule has 2 unspecified atom stereocenters. The second-order valence-electron chi connectivity index (χ2n) is 4.70. The van der Waals surface area contributed by atoms with Gasteiger partial charge in [0, 0.05) is 17.9 Å². The number of hydrogen-bond acceptors (Lipinski definition) is 2. The first-order chi connectivity index (χ1) is 6.59. The Labute approximate surface area is 85.5 Å².